The van der Waals surface area contributed by atoms with Gasteiger partial charge >= 0.3 is 5.97 Å². The number of ketones is 1. The molecule has 126 valence electrons. The first-order valence-corrected chi connectivity index (χ1v) is 8.61. The molecule has 2 aliphatic rings. The highest BCUT2D eigenvalue weighted by Gasteiger charge is 2.47. The summed E-state index contributed by atoms with van der Waals surface area (Å²) >= 11 is 6.84. The molecule has 0 spiro atoms. The van der Waals surface area contributed by atoms with Gasteiger partial charge in [-0.15, -0.1) is 11.3 Å². The molecular formula is C16H14ClNO5S. The quantitative estimate of drug-likeness (QED) is 0.344. The second-order valence-electron chi connectivity index (χ2n) is 5.61. The van der Waals surface area contributed by atoms with Gasteiger partial charge in [0.1, 0.15) is 6.54 Å². The molecule has 8 heteroatoms. The first-order valence-electron chi connectivity index (χ1n) is 7.41. The lowest BCUT2D eigenvalue weighted by molar-refractivity contribution is -0.152. The number of rotatable bonds is 5. The Bertz CT molecular complexity index is 715. The van der Waals surface area contributed by atoms with Gasteiger partial charge in [-0.25, -0.2) is 0 Å². The van der Waals surface area contributed by atoms with Gasteiger partial charge in [0.2, 0.25) is 17.6 Å². The molecule has 1 aromatic heterocycles. The Morgan fingerprint density at radius 2 is 1.79 bits per heavy atom. The summed E-state index contributed by atoms with van der Waals surface area (Å²) in [7, 11) is 0. The molecule has 0 bridgehead atoms. The van der Waals surface area contributed by atoms with Gasteiger partial charge in [0.05, 0.1) is 21.0 Å². The van der Waals surface area contributed by atoms with Crippen LogP contribution in [0.25, 0.3) is 0 Å². The summed E-state index contributed by atoms with van der Waals surface area (Å²) in [6.07, 6.45) is 4.77. The lowest BCUT2D eigenvalue weighted by atomic mass is 9.85. The highest BCUT2D eigenvalue weighted by molar-refractivity contribution is 7.18. The van der Waals surface area contributed by atoms with Crippen molar-refractivity contribution in [2.75, 3.05) is 13.2 Å². The molecule has 2 atom stereocenters. The van der Waals surface area contributed by atoms with Gasteiger partial charge in [-0.05, 0) is 25.0 Å². The predicted octanol–water partition coefficient (Wildman–Crippen LogP) is 2.08. The van der Waals surface area contributed by atoms with E-state index in [-0.39, 0.29) is 29.4 Å². The van der Waals surface area contributed by atoms with Crippen molar-refractivity contribution in [1.82, 2.24) is 4.90 Å². The van der Waals surface area contributed by atoms with Crippen LogP contribution in [0.3, 0.4) is 0 Å². The number of hydrogen-bond acceptors (Lipinski definition) is 6. The first kappa shape index (κ1) is 16.9. The number of thiophene rings is 1. The molecule has 0 radical (unpaired) electrons. The first-order chi connectivity index (χ1) is 11.5. The number of hydrogen-bond donors (Lipinski definition) is 0. The highest BCUT2D eigenvalue weighted by Crippen LogP contribution is 2.34. The van der Waals surface area contributed by atoms with Crippen molar-refractivity contribution in [3.8, 4) is 0 Å². The number of likely N-dealkylation sites (tertiary alicyclic amines) is 1. The van der Waals surface area contributed by atoms with Crippen molar-refractivity contribution < 1.29 is 23.9 Å². The Morgan fingerprint density at radius 1 is 1.17 bits per heavy atom. The van der Waals surface area contributed by atoms with Crippen LogP contribution < -0.4 is 0 Å². The van der Waals surface area contributed by atoms with Gasteiger partial charge in [0.15, 0.2) is 6.61 Å². The van der Waals surface area contributed by atoms with Gasteiger partial charge in [-0.2, -0.15) is 0 Å². The fourth-order valence-corrected chi connectivity index (χ4v) is 3.85. The topological polar surface area (TPSA) is 80.8 Å². The second-order valence-corrected chi connectivity index (χ2v) is 7.32. The van der Waals surface area contributed by atoms with Gasteiger partial charge < -0.3 is 4.74 Å². The van der Waals surface area contributed by atoms with Crippen LogP contribution in [0.5, 0.6) is 0 Å². The van der Waals surface area contributed by atoms with Crippen molar-refractivity contribution in [3.63, 3.8) is 0 Å². The molecule has 0 aromatic carbocycles. The number of amides is 2. The van der Waals surface area contributed by atoms with Crippen molar-refractivity contribution >= 4 is 46.5 Å². The number of carbonyl (C=O) groups is 4. The molecule has 1 saturated heterocycles. The summed E-state index contributed by atoms with van der Waals surface area (Å²) in [5.74, 6) is -2.61. The van der Waals surface area contributed by atoms with Crippen LogP contribution in [-0.2, 0) is 19.1 Å². The van der Waals surface area contributed by atoms with Crippen molar-refractivity contribution in [2.24, 2.45) is 11.8 Å². The Balaban J connectivity index is 1.54. The minimum atomic E-state index is -0.778. The zero-order valence-corrected chi connectivity index (χ0v) is 14.1. The minimum Gasteiger partial charge on any atom is -0.456 e. The molecule has 24 heavy (non-hydrogen) atoms. The Labute approximate surface area is 147 Å². The molecule has 1 aliphatic heterocycles. The molecule has 1 fully saturated rings. The van der Waals surface area contributed by atoms with Gasteiger partial charge in [-0.3, -0.25) is 24.1 Å². The van der Waals surface area contributed by atoms with E-state index in [1.54, 1.807) is 12.1 Å². The van der Waals surface area contributed by atoms with Gasteiger partial charge in [0, 0.05) is 0 Å². The van der Waals surface area contributed by atoms with E-state index in [4.69, 9.17) is 16.3 Å². The van der Waals surface area contributed by atoms with E-state index < -0.39 is 19.1 Å². The van der Waals surface area contributed by atoms with E-state index in [9.17, 15) is 19.2 Å². The average Bonchev–Trinajstić information content (AvgIpc) is 3.11. The smallest absolute Gasteiger partial charge is 0.326 e. The summed E-state index contributed by atoms with van der Waals surface area (Å²) in [5.41, 5.74) is 0. The largest absolute Gasteiger partial charge is 0.456 e. The number of fused-ring (bicyclic) bond motifs is 1. The van der Waals surface area contributed by atoms with E-state index in [1.807, 2.05) is 12.2 Å². The third-order valence-corrected chi connectivity index (χ3v) is 5.37. The molecule has 6 nitrogen and oxygen atoms in total. The fraction of sp³-hybridized carbons (Fsp3) is 0.375. The normalized spacial score (nSPS) is 22.6. The van der Waals surface area contributed by atoms with Crippen molar-refractivity contribution in [1.29, 1.82) is 0 Å². The monoisotopic (exact) mass is 367 g/mol. The van der Waals surface area contributed by atoms with E-state index in [1.165, 1.54) is 0 Å². The van der Waals surface area contributed by atoms with E-state index in [0.29, 0.717) is 22.1 Å². The van der Waals surface area contributed by atoms with E-state index in [0.717, 1.165) is 16.2 Å². The molecule has 0 saturated carbocycles. The maximum absolute atomic E-state index is 12.2. The zero-order chi connectivity index (χ0) is 17.3. The van der Waals surface area contributed by atoms with Crippen LogP contribution in [0.1, 0.15) is 22.5 Å². The lowest BCUT2D eigenvalue weighted by Gasteiger charge is -2.14. The van der Waals surface area contributed by atoms with Gasteiger partial charge in [0.25, 0.3) is 0 Å². The number of Topliss-reactive ketones (excluding diaryl/α,β-unsaturated/α-hetero) is 1. The highest BCUT2D eigenvalue weighted by atomic mass is 35.5. The zero-order valence-electron chi connectivity index (χ0n) is 12.6. The third kappa shape index (κ3) is 3.27. The number of ether oxygens (including phenoxy) is 1. The maximum Gasteiger partial charge on any atom is 0.326 e. The summed E-state index contributed by atoms with van der Waals surface area (Å²) in [4.78, 5) is 49.5. The Morgan fingerprint density at radius 3 is 2.33 bits per heavy atom. The Hall–Kier alpha value is -1.99. The number of esters is 1. The molecule has 0 N–H and O–H groups in total. The predicted molar refractivity (Wildman–Crippen MR) is 86.7 cm³/mol. The minimum absolute atomic E-state index is 0.345. The molecule has 1 aliphatic carbocycles. The van der Waals surface area contributed by atoms with Gasteiger partial charge in [-0.1, -0.05) is 23.8 Å². The van der Waals surface area contributed by atoms with E-state index >= 15 is 0 Å². The van der Waals surface area contributed by atoms with E-state index in [2.05, 4.69) is 0 Å². The summed E-state index contributed by atoms with van der Waals surface area (Å²) in [6, 6.07) is 3.13. The van der Waals surface area contributed by atoms with Crippen LogP contribution >= 0.6 is 22.9 Å². The van der Waals surface area contributed by atoms with Crippen molar-refractivity contribution in [2.45, 2.75) is 12.8 Å². The molecule has 2 heterocycles. The number of imide groups is 1. The SMILES string of the molecule is O=C(CN1C(=O)[C@H]2CC=CC[C@@H]2C1=O)OCC(=O)c1ccc(Cl)s1. The molecule has 1 aromatic rings. The summed E-state index contributed by atoms with van der Waals surface area (Å²) < 4.78 is 5.36. The number of halogens is 1. The molecule has 3 rings (SSSR count). The van der Waals surface area contributed by atoms with Crippen LogP contribution in [-0.4, -0.2) is 41.6 Å². The third-order valence-electron chi connectivity index (χ3n) is 4.10. The summed E-state index contributed by atoms with van der Waals surface area (Å²) in [6.45, 7) is -0.899. The van der Waals surface area contributed by atoms with Crippen LogP contribution in [0.4, 0.5) is 0 Å². The number of carbonyl (C=O) groups excluding carboxylic acids is 4. The van der Waals surface area contributed by atoms with Crippen LogP contribution in [0.2, 0.25) is 4.34 Å². The van der Waals surface area contributed by atoms with Crippen LogP contribution in [0, 0.1) is 11.8 Å². The second kappa shape index (κ2) is 6.86. The standard InChI is InChI=1S/C16H14ClNO5S/c17-13-6-5-12(24-13)11(19)8-23-14(20)7-18-15(21)9-3-1-2-4-10(9)16(18)22/h1-2,5-6,9-10H,3-4,7-8H2/t9-,10-/m0/s1. The maximum atomic E-state index is 12.2. The average molecular weight is 368 g/mol. The Kier molecular flexibility index (Phi) is 4.82. The van der Waals surface area contributed by atoms with Crippen molar-refractivity contribution in [3.05, 3.63) is 33.5 Å². The van der Waals surface area contributed by atoms with Crippen LogP contribution in [0.15, 0.2) is 24.3 Å². The fourth-order valence-electron chi connectivity index (χ4n) is 2.88. The molecule has 2 amide bonds. The number of nitrogens with zero attached hydrogens (tertiary/aromatic N) is 1. The molecular weight excluding hydrogens is 354 g/mol. The lowest BCUT2D eigenvalue weighted by Crippen LogP contribution is -2.37. The number of allylic oxidation sites excluding steroid dienone is 2. The molecule has 0 unspecified atom stereocenters. The summed E-state index contributed by atoms with van der Waals surface area (Å²) in [5, 5.41) is 0.